The molecule has 0 aliphatic heterocycles. The molecule has 2 aromatic rings. The van der Waals surface area contributed by atoms with Gasteiger partial charge in [-0.05, 0) is 51.0 Å². The van der Waals surface area contributed by atoms with Crippen molar-refractivity contribution in [3.05, 3.63) is 50.4 Å². The van der Waals surface area contributed by atoms with Crippen molar-refractivity contribution in [1.82, 2.24) is 4.98 Å². The van der Waals surface area contributed by atoms with Gasteiger partial charge < -0.3 is 5.11 Å². The van der Waals surface area contributed by atoms with E-state index in [-0.39, 0.29) is 0 Å². The summed E-state index contributed by atoms with van der Waals surface area (Å²) in [5, 5.41) is 12.3. The van der Waals surface area contributed by atoms with Crippen molar-refractivity contribution in [2.75, 3.05) is 0 Å². The Balaban J connectivity index is 2.41. The number of nitrogens with zero attached hydrogens (tertiary/aromatic N) is 1. The van der Waals surface area contributed by atoms with Crippen LogP contribution in [0.4, 0.5) is 0 Å². The van der Waals surface area contributed by atoms with Gasteiger partial charge in [-0.3, -0.25) is 4.98 Å². The van der Waals surface area contributed by atoms with Gasteiger partial charge in [0, 0.05) is 16.9 Å². The Bertz CT molecular complexity index is 483. The van der Waals surface area contributed by atoms with Gasteiger partial charge in [-0.2, -0.15) is 0 Å². The van der Waals surface area contributed by atoms with Crippen LogP contribution in [-0.2, 0) is 6.42 Å². The molecule has 0 amide bonds. The Kier molecular flexibility index (Phi) is 3.74. The van der Waals surface area contributed by atoms with E-state index in [1.165, 1.54) is 0 Å². The first-order valence-corrected chi connectivity index (χ1v) is 6.75. The van der Waals surface area contributed by atoms with Gasteiger partial charge in [-0.1, -0.05) is 6.92 Å². The van der Waals surface area contributed by atoms with E-state index in [2.05, 4.69) is 27.8 Å². The molecule has 1 unspecified atom stereocenters. The van der Waals surface area contributed by atoms with Crippen molar-refractivity contribution in [3.63, 3.8) is 0 Å². The molecule has 0 saturated heterocycles. The highest BCUT2D eigenvalue weighted by molar-refractivity contribution is 9.10. The molecule has 0 bridgehead atoms. The molecule has 0 fully saturated rings. The summed E-state index contributed by atoms with van der Waals surface area (Å²) in [6.45, 7) is 2.07. The van der Waals surface area contributed by atoms with Crippen LogP contribution in [0.3, 0.4) is 0 Å². The molecule has 0 aromatic carbocycles. The Labute approximate surface area is 107 Å². The molecule has 2 rings (SSSR count). The van der Waals surface area contributed by atoms with Crippen molar-refractivity contribution < 1.29 is 5.11 Å². The minimum atomic E-state index is -0.563. The van der Waals surface area contributed by atoms with Gasteiger partial charge in [0.15, 0.2) is 0 Å². The molecule has 0 aliphatic carbocycles. The summed E-state index contributed by atoms with van der Waals surface area (Å²) in [5.41, 5.74) is 2.04. The van der Waals surface area contributed by atoms with E-state index in [4.69, 9.17) is 0 Å². The predicted molar refractivity (Wildman–Crippen MR) is 69.7 cm³/mol. The lowest BCUT2D eigenvalue weighted by Crippen LogP contribution is -2.02. The van der Waals surface area contributed by atoms with Crippen molar-refractivity contribution >= 4 is 27.3 Å². The van der Waals surface area contributed by atoms with Gasteiger partial charge in [0.05, 0.1) is 4.88 Å². The Morgan fingerprint density at radius 1 is 1.50 bits per heavy atom. The number of hydrogen-bond donors (Lipinski definition) is 1. The number of aryl methyl sites for hydroxylation is 1. The summed E-state index contributed by atoms with van der Waals surface area (Å²) in [4.78, 5) is 5.03. The fourth-order valence-corrected chi connectivity index (χ4v) is 3.23. The third kappa shape index (κ3) is 2.19. The molecule has 0 spiro atoms. The Hall–Kier alpha value is -0.710. The smallest absolute Gasteiger partial charge is 0.115 e. The van der Waals surface area contributed by atoms with Gasteiger partial charge >= 0.3 is 0 Å². The lowest BCUT2D eigenvalue weighted by Gasteiger charge is -2.13. The van der Waals surface area contributed by atoms with Gasteiger partial charge in [0.2, 0.25) is 0 Å². The van der Waals surface area contributed by atoms with E-state index >= 15 is 0 Å². The highest BCUT2D eigenvalue weighted by Gasteiger charge is 2.17. The molecule has 1 N–H and O–H groups in total. The molecular weight excluding hydrogens is 286 g/mol. The van der Waals surface area contributed by atoms with Gasteiger partial charge in [0.1, 0.15) is 6.10 Å². The van der Waals surface area contributed by atoms with E-state index in [9.17, 15) is 5.11 Å². The average Bonchev–Trinajstić information content (AvgIpc) is 2.74. The summed E-state index contributed by atoms with van der Waals surface area (Å²) < 4.78 is 0.962. The zero-order chi connectivity index (χ0) is 11.5. The molecule has 1 atom stereocenters. The quantitative estimate of drug-likeness (QED) is 0.940. The minimum Gasteiger partial charge on any atom is -0.383 e. The van der Waals surface area contributed by atoms with Crippen LogP contribution in [0.5, 0.6) is 0 Å². The number of hydrogen-bond acceptors (Lipinski definition) is 3. The van der Waals surface area contributed by atoms with Crippen LogP contribution >= 0.6 is 27.3 Å². The van der Waals surface area contributed by atoms with Gasteiger partial charge in [0.25, 0.3) is 0 Å². The maximum atomic E-state index is 10.3. The number of pyridine rings is 1. The van der Waals surface area contributed by atoms with Crippen molar-refractivity contribution in [2.24, 2.45) is 0 Å². The number of thiophene rings is 1. The van der Waals surface area contributed by atoms with Crippen LogP contribution in [-0.4, -0.2) is 10.1 Å². The summed E-state index contributed by atoms with van der Waals surface area (Å²) in [6, 6.07) is 3.84. The molecule has 2 heterocycles. The second-order valence-corrected chi connectivity index (χ2v) is 5.27. The fourth-order valence-electron chi connectivity index (χ4n) is 1.64. The van der Waals surface area contributed by atoms with Crippen molar-refractivity contribution in [3.8, 4) is 0 Å². The number of aliphatic hydroxyl groups is 1. The van der Waals surface area contributed by atoms with E-state index in [1.807, 2.05) is 23.7 Å². The number of halogens is 1. The van der Waals surface area contributed by atoms with Crippen LogP contribution in [0, 0.1) is 0 Å². The third-order valence-electron chi connectivity index (χ3n) is 2.51. The Morgan fingerprint density at radius 3 is 2.94 bits per heavy atom. The zero-order valence-electron chi connectivity index (χ0n) is 8.85. The molecule has 0 saturated carbocycles. The summed E-state index contributed by atoms with van der Waals surface area (Å²) >= 11 is 5.00. The third-order valence-corrected chi connectivity index (χ3v) is 4.43. The lowest BCUT2D eigenvalue weighted by molar-refractivity contribution is 0.222. The first-order valence-electron chi connectivity index (χ1n) is 5.07. The van der Waals surface area contributed by atoms with Crippen LogP contribution in [0.25, 0.3) is 0 Å². The number of aliphatic hydroxyl groups excluding tert-OH is 1. The highest BCUT2D eigenvalue weighted by Crippen LogP contribution is 2.34. The first-order chi connectivity index (χ1) is 7.74. The first kappa shape index (κ1) is 11.8. The van der Waals surface area contributed by atoms with Crippen molar-refractivity contribution in [2.45, 2.75) is 19.4 Å². The molecule has 0 radical (unpaired) electrons. The second kappa shape index (κ2) is 5.08. The summed E-state index contributed by atoms with van der Waals surface area (Å²) in [6.07, 6.45) is 3.86. The maximum absolute atomic E-state index is 10.3. The fraction of sp³-hybridized carbons (Fsp3) is 0.250. The average molecular weight is 298 g/mol. The van der Waals surface area contributed by atoms with Crippen LogP contribution in [0.1, 0.15) is 29.0 Å². The molecule has 2 nitrogen and oxygen atoms in total. The molecule has 4 heteroatoms. The van der Waals surface area contributed by atoms with Gasteiger partial charge in [-0.25, -0.2) is 0 Å². The normalized spacial score (nSPS) is 12.7. The number of rotatable bonds is 3. The highest BCUT2D eigenvalue weighted by atomic mass is 79.9. The predicted octanol–water partition coefficient (Wildman–Crippen LogP) is 3.55. The van der Waals surface area contributed by atoms with E-state index in [0.29, 0.717) is 0 Å². The number of aromatic nitrogens is 1. The van der Waals surface area contributed by atoms with Gasteiger partial charge in [-0.15, -0.1) is 11.3 Å². The topological polar surface area (TPSA) is 33.1 Å². The van der Waals surface area contributed by atoms with Crippen LogP contribution in [0.15, 0.2) is 34.4 Å². The molecular formula is C12H12BrNOS. The van der Waals surface area contributed by atoms with E-state index < -0.39 is 6.10 Å². The van der Waals surface area contributed by atoms with Crippen molar-refractivity contribution in [1.29, 1.82) is 0 Å². The minimum absolute atomic E-state index is 0.563. The molecule has 2 aromatic heterocycles. The molecule has 16 heavy (non-hydrogen) atoms. The lowest BCUT2D eigenvalue weighted by atomic mass is 10.0. The van der Waals surface area contributed by atoms with Crippen LogP contribution in [0.2, 0.25) is 0 Å². The molecule has 84 valence electrons. The summed E-state index contributed by atoms with van der Waals surface area (Å²) in [7, 11) is 0. The summed E-state index contributed by atoms with van der Waals surface area (Å²) in [5.74, 6) is 0. The largest absolute Gasteiger partial charge is 0.383 e. The SMILES string of the molecule is CCc1cnccc1C(O)c1sccc1Br. The van der Waals surface area contributed by atoms with E-state index in [0.717, 1.165) is 26.9 Å². The standard InChI is InChI=1S/C12H12BrNOS/c1-2-8-7-14-5-3-9(8)11(15)12-10(13)4-6-16-12/h3-7,11,15H,2H2,1H3. The maximum Gasteiger partial charge on any atom is 0.115 e. The Morgan fingerprint density at radius 2 is 2.31 bits per heavy atom. The van der Waals surface area contributed by atoms with E-state index in [1.54, 1.807) is 17.5 Å². The second-order valence-electron chi connectivity index (χ2n) is 3.46. The molecule has 0 aliphatic rings. The monoisotopic (exact) mass is 297 g/mol. The van der Waals surface area contributed by atoms with Crippen LogP contribution < -0.4 is 0 Å². The zero-order valence-corrected chi connectivity index (χ0v) is 11.3.